The molecule has 1 unspecified atom stereocenters. The highest BCUT2D eigenvalue weighted by molar-refractivity contribution is 5.79. The molecule has 152 valence electrons. The van der Waals surface area contributed by atoms with Crippen molar-refractivity contribution in [2.45, 2.75) is 39.0 Å². The zero-order chi connectivity index (χ0) is 19.3. The van der Waals surface area contributed by atoms with Gasteiger partial charge in [-0.2, -0.15) is 0 Å². The van der Waals surface area contributed by atoms with Gasteiger partial charge in [0.25, 0.3) is 0 Å². The zero-order valence-electron chi connectivity index (χ0n) is 17.1. The number of hydrogen-bond donors (Lipinski definition) is 2. The quantitative estimate of drug-likeness (QED) is 0.373. The van der Waals surface area contributed by atoms with Gasteiger partial charge >= 0.3 is 0 Å². The predicted octanol–water partition coefficient (Wildman–Crippen LogP) is 2.82. The fourth-order valence-electron chi connectivity index (χ4n) is 3.31. The molecule has 0 amide bonds. The molecule has 1 aliphatic heterocycles. The van der Waals surface area contributed by atoms with Crippen LogP contribution >= 0.6 is 0 Å². The Hall–Kier alpha value is -1.66. The normalized spacial score (nSPS) is 17.1. The third-order valence-electron chi connectivity index (χ3n) is 5.08. The Morgan fingerprint density at radius 2 is 2.15 bits per heavy atom. The summed E-state index contributed by atoms with van der Waals surface area (Å²) in [6.45, 7) is 9.58. The van der Waals surface area contributed by atoms with Crippen LogP contribution < -0.4 is 10.6 Å². The second kappa shape index (κ2) is 12.7. The second-order valence-electron chi connectivity index (χ2n) is 7.50. The number of rotatable bonds is 10. The van der Waals surface area contributed by atoms with Crippen molar-refractivity contribution >= 4 is 5.96 Å². The molecule has 0 bridgehead atoms. The largest absolute Gasteiger partial charge is 0.381 e. The molecule has 1 aromatic rings. The summed E-state index contributed by atoms with van der Waals surface area (Å²) in [7, 11) is 1.81. The molecule has 1 aromatic heterocycles. The number of nitrogens with zero attached hydrogens (tertiary/aromatic N) is 2. The van der Waals surface area contributed by atoms with Crippen molar-refractivity contribution in [2.75, 3.05) is 46.6 Å². The Bertz CT molecular complexity index is 530. The van der Waals surface area contributed by atoms with Crippen molar-refractivity contribution < 1.29 is 9.47 Å². The molecule has 1 atom stereocenters. The standard InChI is InChI=1S/C21H36N4O2/c1-17(2)20(19-6-4-9-23-14-19)15-25-21(22-3)24-10-5-11-27-16-18-7-12-26-13-8-18/h4,6,9,14,17-18,20H,5,7-8,10-13,15-16H2,1-3H3,(H2,22,24,25). The average Bonchev–Trinajstić information content (AvgIpc) is 2.70. The van der Waals surface area contributed by atoms with E-state index in [0.717, 1.165) is 64.7 Å². The fourth-order valence-corrected chi connectivity index (χ4v) is 3.31. The smallest absolute Gasteiger partial charge is 0.190 e. The van der Waals surface area contributed by atoms with Crippen LogP contribution in [0.3, 0.4) is 0 Å². The minimum atomic E-state index is 0.403. The van der Waals surface area contributed by atoms with E-state index < -0.39 is 0 Å². The first-order chi connectivity index (χ1) is 13.2. The Morgan fingerprint density at radius 3 is 2.81 bits per heavy atom. The van der Waals surface area contributed by atoms with Crippen molar-refractivity contribution in [3.63, 3.8) is 0 Å². The van der Waals surface area contributed by atoms with Gasteiger partial charge in [-0.05, 0) is 42.7 Å². The summed E-state index contributed by atoms with van der Waals surface area (Å²) in [6.07, 6.45) is 7.00. The number of aromatic nitrogens is 1. The van der Waals surface area contributed by atoms with Gasteiger partial charge in [-0.1, -0.05) is 19.9 Å². The maximum atomic E-state index is 5.81. The fraction of sp³-hybridized carbons (Fsp3) is 0.714. The lowest BCUT2D eigenvalue weighted by Crippen LogP contribution is -2.40. The van der Waals surface area contributed by atoms with Crippen LogP contribution in [0.25, 0.3) is 0 Å². The molecule has 1 saturated heterocycles. The summed E-state index contributed by atoms with van der Waals surface area (Å²) in [5.74, 6) is 2.44. The lowest BCUT2D eigenvalue weighted by atomic mass is 9.89. The van der Waals surface area contributed by atoms with Gasteiger partial charge in [0.1, 0.15) is 0 Å². The van der Waals surface area contributed by atoms with Crippen molar-refractivity contribution in [1.29, 1.82) is 0 Å². The van der Waals surface area contributed by atoms with Crippen LogP contribution in [0, 0.1) is 11.8 Å². The molecule has 0 spiro atoms. The number of aliphatic imine (C=N–C) groups is 1. The number of nitrogens with one attached hydrogen (secondary N) is 2. The van der Waals surface area contributed by atoms with Gasteiger partial charge in [0.05, 0.1) is 0 Å². The first kappa shape index (κ1) is 21.6. The van der Waals surface area contributed by atoms with Crippen LogP contribution in [0.1, 0.15) is 44.6 Å². The summed E-state index contributed by atoms with van der Waals surface area (Å²) in [6, 6.07) is 4.14. The Kier molecular flexibility index (Phi) is 10.2. The molecule has 0 aromatic carbocycles. The van der Waals surface area contributed by atoms with E-state index in [4.69, 9.17) is 9.47 Å². The topological polar surface area (TPSA) is 67.8 Å². The first-order valence-corrected chi connectivity index (χ1v) is 10.2. The van der Waals surface area contributed by atoms with Crippen molar-refractivity contribution in [1.82, 2.24) is 15.6 Å². The summed E-state index contributed by atoms with van der Waals surface area (Å²) in [4.78, 5) is 8.58. The molecule has 6 heteroatoms. The zero-order valence-corrected chi connectivity index (χ0v) is 17.1. The number of pyridine rings is 1. The molecule has 6 nitrogen and oxygen atoms in total. The molecule has 0 aliphatic carbocycles. The van der Waals surface area contributed by atoms with Crippen molar-refractivity contribution in [3.8, 4) is 0 Å². The number of guanidine groups is 1. The summed E-state index contributed by atoms with van der Waals surface area (Å²) in [5, 5.41) is 6.83. The van der Waals surface area contributed by atoms with E-state index in [1.807, 2.05) is 25.5 Å². The molecule has 2 rings (SSSR count). The van der Waals surface area contributed by atoms with Gasteiger partial charge in [-0.3, -0.25) is 9.98 Å². The van der Waals surface area contributed by atoms with Crippen LogP contribution in [-0.2, 0) is 9.47 Å². The molecule has 27 heavy (non-hydrogen) atoms. The van der Waals surface area contributed by atoms with Gasteiger partial charge in [0.2, 0.25) is 0 Å². The highest BCUT2D eigenvalue weighted by Gasteiger charge is 2.16. The van der Waals surface area contributed by atoms with E-state index >= 15 is 0 Å². The number of ether oxygens (including phenoxy) is 2. The lowest BCUT2D eigenvalue weighted by Gasteiger charge is -2.23. The SMILES string of the molecule is CN=C(NCCCOCC1CCOCC1)NCC(c1cccnc1)C(C)C. The van der Waals surface area contributed by atoms with E-state index in [1.54, 1.807) is 0 Å². The van der Waals surface area contributed by atoms with Gasteiger partial charge in [-0.15, -0.1) is 0 Å². The maximum Gasteiger partial charge on any atom is 0.190 e. The predicted molar refractivity (Wildman–Crippen MR) is 110 cm³/mol. The highest BCUT2D eigenvalue weighted by atomic mass is 16.5. The minimum absolute atomic E-state index is 0.403. The van der Waals surface area contributed by atoms with E-state index in [2.05, 4.69) is 40.5 Å². The molecule has 2 N–H and O–H groups in total. The third-order valence-corrected chi connectivity index (χ3v) is 5.08. The summed E-state index contributed by atoms with van der Waals surface area (Å²) in [5.41, 5.74) is 1.26. The van der Waals surface area contributed by atoms with Crippen LogP contribution in [0.4, 0.5) is 0 Å². The van der Waals surface area contributed by atoms with Crippen LogP contribution in [0.2, 0.25) is 0 Å². The molecule has 2 heterocycles. The second-order valence-corrected chi connectivity index (χ2v) is 7.50. The maximum absolute atomic E-state index is 5.81. The Morgan fingerprint density at radius 1 is 1.33 bits per heavy atom. The third kappa shape index (κ3) is 8.26. The molecule has 1 aliphatic rings. The monoisotopic (exact) mass is 376 g/mol. The number of hydrogen-bond acceptors (Lipinski definition) is 4. The van der Waals surface area contributed by atoms with Crippen molar-refractivity contribution in [2.24, 2.45) is 16.8 Å². The first-order valence-electron chi connectivity index (χ1n) is 10.2. The summed E-state index contributed by atoms with van der Waals surface area (Å²) < 4.78 is 11.2. The van der Waals surface area contributed by atoms with Gasteiger partial charge in [0.15, 0.2) is 5.96 Å². The Labute approximate surface area is 164 Å². The van der Waals surface area contributed by atoms with Crippen LogP contribution in [0.5, 0.6) is 0 Å². The van der Waals surface area contributed by atoms with E-state index in [0.29, 0.717) is 17.8 Å². The van der Waals surface area contributed by atoms with Gasteiger partial charge in [0, 0.05) is 64.9 Å². The highest BCUT2D eigenvalue weighted by Crippen LogP contribution is 2.22. The van der Waals surface area contributed by atoms with E-state index in [-0.39, 0.29) is 0 Å². The Balaban J connectivity index is 1.62. The van der Waals surface area contributed by atoms with E-state index in [1.165, 1.54) is 5.56 Å². The van der Waals surface area contributed by atoms with Gasteiger partial charge in [-0.25, -0.2) is 0 Å². The average molecular weight is 377 g/mol. The van der Waals surface area contributed by atoms with Gasteiger partial charge < -0.3 is 20.1 Å². The van der Waals surface area contributed by atoms with E-state index in [9.17, 15) is 0 Å². The molecule has 1 fully saturated rings. The van der Waals surface area contributed by atoms with Crippen LogP contribution in [-0.4, -0.2) is 57.5 Å². The lowest BCUT2D eigenvalue weighted by molar-refractivity contribution is 0.0203. The van der Waals surface area contributed by atoms with Crippen molar-refractivity contribution in [3.05, 3.63) is 30.1 Å². The molecule has 0 saturated carbocycles. The molecular formula is C21H36N4O2. The molecular weight excluding hydrogens is 340 g/mol. The minimum Gasteiger partial charge on any atom is -0.381 e. The summed E-state index contributed by atoms with van der Waals surface area (Å²) >= 11 is 0. The molecule has 0 radical (unpaired) electrons. The van der Waals surface area contributed by atoms with Crippen LogP contribution in [0.15, 0.2) is 29.5 Å².